The van der Waals surface area contributed by atoms with Crippen molar-refractivity contribution in [3.05, 3.63) is 83.4 Å². The molecule has 1 N–H and O–H groups in total. The third-order valence-corrected chi connectivity index (χ3v) is 5.31. The molecule has 4 nitrogen and oxygen atoms in total. The van der Waals surface area contributed by atoms with Gasteiger partial charge in [0.2, 0.25) is 5.91 Å². The van der Waals surface area contributed by atoms with Gasteiger partial charge in [0.05, 0.1) is 18.4 Å². The van der Waals surface area contributed by atoms with E-state index in [9.17, 15) is 9.18 Å². The van der Waals surface area contributed by atoms with E-state index in [-0.39, 0.29) is 24.1 Å². The van der Waals surface area contributed by atoms with Crippen molar-refractivity contribution in [1.29, 1.82) is 0 Å². The third kappa shape index (κ3) is 4.57. The highest BCUT2D eigenvalue weighted by molar-refractivity contribution is 7.98. The zero-order valence-corrected chi connectivity index (χ0v) is 16.2. The highest BCUT2D eigenvalue weighted by atomic mass is 32.2. The maximum absolute atomic E-state index is 14.4. The first-order valence-corrected chi connectivity index (χ1v) is 9.93. The van der Waals surface area contributed by atoms with Gasteiger partial charge in [0.15, 0.2) is 5.16 Å². The van der Waals surface area contributed by atoms with Crippen LogP contribution in [0.5, 0.6) is 0 Å². The summed E-state index contributed by atoms with van der Waals surface area (Å²) in [5, 5.41) is 3.83. The lowest BCUT2D eigenvalue weighted by Crippen LogP contribution is -2.26. The number of aromatic nitrogens is 2. The van der Waals surface area contributed by atoms with Crippen LogP contribution in [0.25, 0.3) is 0 Å². The molecule has 27 heavy (non-hydrogen) atoms. The quantitative estimate of drug-likeness (QED) is 0.625. The summed E-state index contributed by atoms with van der Waals surface area (Å²) in [6.07, 6.45) is 3.90. The molecule has 0 bridgehead atoms. The zero-order chi connectivity index (χ0) is 19.2. The summed E-state index contributed by atoms with van der Waals surface area (Å²) in [5.74, 6) is -0.755. The Hall–Kier alpha value is -2.60. The minimum atomic E-state index is -0.333. The molecule has 0 aliphatic carbocycles. The Labute approximate surface area is 162 Å². The predicted molar refractivity (Wildman–Crippen MR) is 106 cm³/mol. The van der Waals surface area contributed by atoms with E-state index < -0.39 is 0 Å². The maximum Gasteiger partial charge on any atom is 0.221 e. The first-order chi connectivity index (χ1) is 13.1. The van der Waals surface area contributed by atoms with Gasteiger partial charge in [0.25, 0.3) is 0 Å². The van der Waals surface area contributed by atoms with Crippen LogP contribution < -0.4 is 5.32 Å². The summed E-state index contributed by atoms with van der Waals surface area (Å²) in [7, 11) is 1.92. The van der Waals surface area contributed by atoms with Crippen molar-refractivity contribution in [2.75, 3.05) is 6.26 Å². The lowest BCUT2D eigenvalue weighted by Gasteiger charge is -2.18. The van der Waals surface area contributed by atoms with Gasteiger partial charge < -0.3 is 9.88 Å². The van der Waals surface area contributed by atoms with Crippen LogP contribution in [0.1, 0.15) is 29.2 Å². The van der Waals surface area contributed by atoms with Gasteiger partial charge in [0.1, 0.15) is 5.82 Å². The molecule has 2 aromatic carbocycles. The van der Waals surface area contributed by atoms with Crippen molar-refractivity contribution in [1.82, 2.24) is 14.9 Å². The van der Waals surface area contributed by atoms with Crippen molar-refractivity contribution in [3.8, 4) is 0 Å². The van der Waals surface area contributed by atoms with Crippen molar-refractivity contribution < 1.29 is 9.18 Å². The average molecular weight is 383 g/mol. The number of carbonyl (C=O) groups is 1. The minimum absolute atomic E-state index is 0.126. The number of hydrogen-bond acceptors (Lipinski definition) is 3. The van der Waals surface area contributed by atoms with E-state index in [1.165, 1.54) is 6.07 Å². The molecule has 1 atom stereocenters. The van der Waals surface area contributed by atoms with Gasteiger partial charge in [-0.05, 0) is 23.4 Å². The van der Waals surface area contributed by atoms with Crippen LogP contribution in [-0.2, 0) is 18.4 Å². The molecule has 1 heterocycles. The van der Waals surface area contributed by atoms with Crippen molar-refractivity contribution in [2.45, 2.75) is 24.0 Å². The van der Waals surface area contributed by atoms with Crippen LogP contribution in [0.4, 0.5) is 4.39 Å². The number of benzene rings is 2. The molecule has 1 amide bonds. The van der Waals surface area contributed by atoms with Crippen LogP contribution in [0.2, 0.25) is 0 Å². The van der Waals surface area contributed by atoms with Crippen molar-refractivity contribution >= 4 is 17.7 Å². The van der Waals surface area contributed by atoms with Gasteiger partial charge in [-0.3, -0.25) is 4.79 Å². The number of nitrogens with zero attached hydrogens (tertiary/aromatic N) is 2. The Morgan fingerprint density at radius 3 is 2.56 bits per heavy atom. The lowest BCUT2D eigenvalue weighted by atomic mass is 9.88. The van der Waals surface area contributed by atoms with Crippen LogP contribution in [0.15, 0.2) is 66.0 Å². The van der Waals surface area contributed by atoms with Crippen LogP contribution >= 0.6 is 11.8 Å². The lowest BCUT2D eigenvalue weighted by molar-refractivity contribution is -0.121. The second kappa shape index (κ2) is 8.86. The van der Waals surface area contributed by atoms with Crippen LogP contribution in [0.3, 0.4) is 0 Å². The molecule has 6 heteroatoms. The highest BCUT2D eigenvalue weighted by Gasteiger charge is 2.21. The highest BCUT2D eigenvalue weighted by Crippen LogP contribution is 2.29. The number of imidazole rings is 1. The van der Waals surface area contributed by atoms with E-state index in [2.05, 4.69) is 10.3 Å². The second-order valence-electron chi connectivity index (χ2n) is 6.26. The van der Waals surface area contributed by atoms with E-state index in [4.69, 9.17) is 0 Å². The molecule has 3 rings (SSSR count). The number of thioether (sulfide) groups is 1. The molecule has 1 aromatic heterocycles. The largest absolute Gasteiger partial charge is 0.350 e. The fourth-order valence-electron chi connectivity index (χ4n) is 3.08. The van der Waals surface area contributed by atoms with Crippen molar-refractivity contribution in [3.63, 3.8) is 0 Å². The monoisotopic (exact) mass is 383 g/mol. The van der Waals surface area contributed by atoms with E-state index in [1.54, 1.807) is 36.2 Å². The fourth-order valence-corrected chi connectivity index (χ4v) is 3.63. The molecular formula is C21H22FN3OS. The zero-order valence-electron chi connectivity index (χ0n) is 15.4. The Balaban J connectivity index is 1.75. The molecule has 3 aromatic rings. The molecule has 0 spiro atoms. The van der Waals surface area contributed by atoms with Gasteiger partial charge >= 0.3 is 0 Å². The predicted octanol–water partition coefficient (Wildman–Crippen LogP) is 4.12. The Kier molecular flexibility index (Phi) is 6.29. The number of amides is 1. The summed E-state index contributed by atoms with van der Waals surface area (Å²) in [5.41, 5.74) is 2.38. The van der Waals surface area contributed by atoms with Gasteiger partial charge in [-0.1, -0.05) is 60.3 Å². The Bertz CT molecular complexity index is 911. The molecule has 0 aliphatic rings. The maximum atomic E-state index is 14.4. The van der Waals surface area contributed by atoms with Gasteiger partial charge in [-0.15, -0.1) is 0 Å². The summed E-state index contributed by atoms with van der Waals surface area (Å²) < 4.78 is 16.3. The molecule has 0 fully saturated rings. The van der Waals surface area contributed by atoms with E-state index in [0.717, 1.165) is 16.4 Å². The third-order valence-electron chi connectivity index (χ3n) is 4.56. The SMILES string of the molecule is CSc1ncc(CNC(=O)C[C@H](c2ccccc2)c2ccccc2F)n1C. The van der Waals surface area contributed by atoms with Gasteiger partial charge in [-0.25, -0.2) is 9.37 Å². The summed E-state index contributed by atoms with van der Waals surface area (Å²) in [6, 6.07) is 16.2. The minimum Gasteiger partial charge on any atom is -0.350 e. The Morgan fingerprint density at radius 2 is 1.89 bits per heavy atom. The number of carbonyl (C=O) groups excluding carboxylic acids is 1. The average Bonchev–Trinajstić information content (AvgIpc) is 3.05. The summed E-state index contributed by atoms with van der Waals surface area (Å²) in [4.78, 5) is 16.9. The Morgan fingerprint density at radius 1 is 1.19 bits per heavy atom. The van der Waals surface area contributed by atoms with Crippen LogP contribution in [-0.4, -0.2) is 21.7 Å². The van der Waals surface area contributed by atoms with E-state index >= 15 is 0 Å². The summed E-state index contributed by atoms with van der Waals surface area (Å²) in [6.45, 7) is 0.391. The first-order valence-electron chi connectivity index (χ1n) is 8.70. The molecule has 0 aliphatic heterocycles. The molecule has 0 unspecified atom stereocenters. The van der Waals surface area contributed by atoms with Gasteiger partial charge in [-0.2, -0.15) is 0 Å². The normalized spacial score (nSPS) is 12.0. The smallest absolute Gasteiger partial charge is 0.221 e. The molecule has 0 radical (unpaired) electrons. The number of halogens is 1. The first kappa shape index (κ1) is 19.2. The van der Waals surface area contributed by atoms with Crippen molar-refractivity contribution in [2.24, 2.45) is 7.05 Å². The standard InChI is InChI=1S/C21H22FN3OS/c1-25-16(14-24-21(25)27-2)13-23-20(26)12-18(15-8-4-3-5-9-15)17-10-6-7-11-19(17)22/h3-11,14,18H,12-13H2,1-2H3,(H,23,26)/t18-/m1/s1. The van der Waals surface area contributed by atoms with E-state index in [0.29, 0.717) is 12.1 Å². The molecule has 0 saturated heterocycles. The summed E-state index contributed by atoms with van der Waals surface area (Å²) >= 11 is 1.55. The van der Waals surface area contributed by atoms with Crippen LogP contribution in [0, 0.1) is 5.82 Å². The number of rotatable bonds is 7. The topological polar surface area (TPSA) is 46.9 Å². The second-order valence-corrected chi connectivity index (χ2v) is 7.03. The molecule has 140 valence electrons. The fraction of sp³-hybridized carbons (Fsp3) is 0.238. The number of nitrogens with one attached hydrogen (secondary N) is 1. The molecular weight excluding hydrogens is 361 g/mol. The van der Waals surface area contributed by atoms with Gasteiger partial charge in [0, 0.05) is 19.4 Å². The molecule has 0 saturated carbocycles. The van der Waals surface area contributed by atoms with E-state index in [1.807, 2.05) is 48.2 Å². The number of hydrogen-bond donors (Lipinski definition) is 1.